The molecule has 0 spiro atoms. The van der Waals surface area contributed by atoms with Crippen molar-refractivity contribution in [1.82, 2.24) is 9.79 Å². The average Bonchev–Trinajstić information content (AvgIpc) is 2.57. The summed E-state index contributed by atoms with van der Waals surface area (Å²) in [6.07, 6.45) is -0.0281. The lowest BCUT2D eigenvalue weighted by molar-refractivity contribution is -0.196. The van der Waals surface area contributed by atoms with Crippen LogP contribution < -0.4 is 4.72 Å². The van der Waals surface area contributed by atoms with Crippen molar-refractivity contribution >= 4 is 27.8 Å². The van der Waals surface area contributed by atoms with Crippen molar-refractivity contribution in [1.29, 1.82) is 0 Å². The highest BCUT2D eigenvalue weighted by molar-refractivity contribution is 7.90. The quantitative estimate of drug-likeness (QED) is 0.687. The number of imide groups is 1. The Bertz CT molecular complexity index is 489. The summed E-state index contributed by atoms with van der Waals surface area (Å²) in [7, 11) is -3.69. The van der Waals surface area contributed by atoms with Gasteiger partial charge in [-0.25, -0.2) is 17.9 Å². The predicted molar refractivity (Wildman–Crippen MR) is 63.9 cm³/mol. The molecule has 0 bridgehead atoms. The molecular weight excluding hydrogens is 276 g/mol. The normalized spacial score (nSPS) is 16.9. The summed E-state index contributed by atoms with van der Waals surface area (Å²) in [4.78, 5) is 38.2. The number of hydrogen-bond acceptors (Lipinski definition) is 6. The highest BCUT2D eigenvalue weighted by atomic mass is 32.2. The zero-order chi connectivity index (χ0) is 14.8. The van der Waals surface area contributed by atoms with Gasteiger partial charge in [0.2, 0.25) is 10.0 Å². The monoisotopic (exact) mass is 292 g/mol. The van der Waals surface area contributed by atoms with Gasteiger partial charge in [0.25, 0.3) is 11.8 Å². The van der Waals surface area contributed by atoms with Crippen LogP contribution in [0.3, 0.4) is 0 Å². The lowest BCUT2D eigenvalue weighted by Crippen LogP contribution is -2.43. The zero-order valence-corrected chi connectivity index (χ0v) is 11.7. The fourth-order valence-electron chi connectivity index (χ4n) is 1.16. The molecular formula is C10H16N2O6S. The maximum Gasteiger partial charge on any atom is 0.347 e. The lowest BCUT2D eigenvalue weighted by atomic mass is 10.3. The molecule has 0 atom stereocenters. The molecule has 0 aromatic heterocycles. The van der Waals surface area contributed by atoms with Crippen molar-refractivity contribution in [3.05, 3.63) is 0 Å². The molecule has 0 aromatic carbocycles. The van der Waals surface area contributed by atoms with E-state index in [1.165, 1.54) is 20.8 Å². The van der Waals surface area contributed by atoms with E-state index in [-0.39, 0.29) is 12.8 Å². The van der Waals surface area contributed by atoms with Gasteiger partial charge in [-0.2, -0.15) is 0 Å². The Hall–Kier alpha value is -1.48. The van der Waals surface area contributed by atoms with Crippen molar-refractivity contribution in [3.8, 4) is 0 Å². The molecule has 2 amide bonds. The first kappa shape index (κ1) is 15.6. The molecule has 0 saturated carbocycles. The van der Waals surface area contributed by atoms with Gasteiger partial charge in [0.05, 0.1) is 4.75 Å². The molecule has 19 heavy (non-hydrogen) atoms. The van der Waals surface area contributed by atoms with Gasteiger partial charge >= 0.3 is 5.97 Å². The van der Waals surface area contributed by atoms with Gasteiger partial charge in [-0.3, -0.25) is 9.59 Å². The van der Waals surface area contributed by atoms with Crippen LogP contribution in [0.5, 0.6) is 0 Å². The smallest absolute Gasteiger partial charge is 0.329 e. The number of amides is 2. The number of nitrogens with zero attached hydrogens (tertiary/aromatic N) is 1. The maximum atomic E-state index is 11.7. The molecule has 1 saturated heterocycles. The van der Waals surface area contributed by atoms with Crippen molar-refractivity contribution in [3.63, 3.8) is 0 Å². The molecule has 0 radical (unpaired) electrons. The summed E-state index contributed by atoms with van der Waals surface area (Å²) in [5.41, 5.74) is 0. The summed E-state index contributed by atoms with van der Waals surface area (Å²) in [6, 6.07) is 0. The molecule has 0 unspecified atom stereocenters. The third kappa shape index (κ3) is 3.74. The number of hydrogen-bond donors (Lipinski definition) is 1. The van der Waals surface area contributed by atoms with E-state index in [4.69, 9.17) is 0 Å². The molecule has 1 fully saturated rings. The van der Waals surface area contributed by atoms with Crippen molar-refractivity contribution in [2.75, 3.05) is 6.54 Å². The Morgan fingerprint density at radius 1 is 1.26 bits per heavy atom. The molecule has 1 heterocycles. The van der Waals surface area contributed by atoms with Crippen molar-refractivity contribution in [2.45, 2.75) is 38.4 Å². The van der Waals surface area contributed by atoms with Crippen LogP contribution in [0.1, 0.15) is 33.6 Å². The van der Waals surface area contributed by atoms with Crippen LogP contribution in [0.2, 0.25) is 0 Å². The molecule has 1 aliphatic heterocycles. The first-order valence-corrected chi connectivity index (χ1v) is 7.09. The van der Waals surface area contributed by atoms with Gasteiger partial charge in [0.15, 0.2) is 0 Å². The van der Waals surface area contributed by atoms with Crippen molar-refractivity contribution < 1.29 is 27.6 Å². The summed E-state index contributed by atoms with van der Waals surface area (Å²) in [6.45, 7) is 3.76. The van der Waals surface area contributed by atoms with Gasteiger partial charge in [0.1, 0.15) is 6.54 Å². The Morgan fingerprint density at radius 3 is 2.16 bits per heavy atom. The predicted octanol–water partition coefficient (Wildman–Crippen LogP) is -0.688. The Kier molecular flexibility index (Phi) is 4.31. The van der Waals surface area contributed by atoms with Crippen molar-refractivity contribution in [2.24, 2.45) is 0 Å². The minimum absolute atomic E-state index is 0.0141. The van der Waals surface area contributed by atoms with E-state index < -0.39 is 39.1 Å². The number of rotatable bonds is 4. The molecule has 0 aliphatic carbocycles. The largest absolute Gasteiger partial charge is 0.347 e. The SMILES string of the molecule is CC(C)(C)S(=O)(=O)NCC(=O)ON1C(=O)CCC1=O. The highest BCUT2D eigenvalue weighted by Gasteiger charge is 2.34. The first-order valence-electron chi connectivity index (χ1n) is 5.60. The van der Waals surface area contributed by atoms with E-state index >= 15 is 0 Å². The molecule has 108 valence electrons. The summed E-state index contributed by atoms with van der Waals surface area (Å²) in [5.74, 6) is -2.24. The van der Waals surface area contributed by atoms with Gasteiger partial charge in [0, 0.05) is 12.8 Å². The Labute approximate surface area is 111 Å². The summed E-state index contributed by atoms with van der Waals surface area (Å²) >= 11 is 0. The summed E-state index contributed by atoms with van der Waals surface area (Å²) < 4.78 is 24.3. The van der Waals surface area contributed by atoms with Gasteiger partial charge in [-0.05, 0) is 20.8 Å². The fourth-order valence-corrected chi connectivity index (χ4v) is 1.90. The summed E-state index contributed by atoms with van der Waals surface area (Å²) in [5, 5.41) is 0.369. The van der Waals surface area contributed by atoms with Crippen LogP contribution >= 0.6 is 0 Å². The highest BCUT2D eigenvalue weighted by Crippen LogP contribution is 2.14. The van der Waals surface area contributed by atoms with E-state index in [0.717, 1.165) is 0 Å². The van der Waals surface area contributed by atoms with Crippen LogP contribution in [0.25, 0.3) is 0 Å². The Morgan fingerprint density at radius 2 is 1.74 bits per heavy atom. The van der Waals surface area contributed by atoms with Crippen LogP contribution in [0.4, 0.5) is 0 Å². The molecule has 0 aromatic rings. The van der Waals surface area contributed by atoms with Gasteiger partial charge in [-0.1, -0.05) is 0 Å². The number of nitrogens with one attached hydrogen (secondary N) is 1. The fraction of sp³-hybridized carbons (Fsp3) is 0.700. The van der Waals surface area contributed by atoms with Crippen LogP contribution in [0.15, 0.2) is 0 Å². The second-order valence-electron chi connectivity index (χ2n) is 4.98. The second kappa shape index (κ2) is 5.25. The number of sulfonamides is 1. The number of carbonyl (C=O) groups is 3. The van der Waals surface area contributed by atoms with E-state index in [1.54, 1.807) is 0 Å². The van der Waals surface area contributed by atoms with E-state index in [1.807, 2.05) is 0 Å². The third-order valence-corrected chi connectivity index (χ3v) is 4.55. The molecule has 1 aliphatic rings. The van der Waals surface area contributed by atoms with E-state index in [9.17, 15) is 22.8 Å². The zero-order valence-electron chi connectivity index (χ0n) is 10.9. The molecule has 9 heteroatoms. The molecule has 8 nitrogen and oxygen atoms in total. The molecule has 1 rings (SSSR count). The second-order valence-corrected chi connectivity index (χ2v) is 7.50. The van der Waals surface area contributed by atoms with Gasteiger partial charge < -0.3 is 4.84 Å². The number of hydroxylamine groups is 2. The third-order valence-electron chi connectivity index (χ3n) is 2.41. The van der Waals surface area contributed by atoms with Crippen LogP contribution in [-0.2, 0) is 29.2 Å². The topological polar surface area (TPSA) is 110 Å². The molecule has 1 N–H and O–H groups in total. The lowest BCUT2D eigenvalue weighted by Gasteiger charge is -2.19. The van der Waals surface area contributed by atoms with Crippen LogP contribution in [-0.4, -0.2) is 42.6 Å². The standard InChI is InChI=1S/C10H16N2O6S/c1-10(2,3)19(16,17)11-6-9(15)18-12-7(13)4-5-8(12)14/h11H,4-6H2,1-3H3. The first-order chi connectivity index (χ1) is 8.54. The maximum absolute atomic E-state index is 11.7. The number of carbonyl (C=O) groups excluding carboxylic acids is 3. The van der Waals surface area contributed by atoms with E-state index in [2.05, 4.69) is 9.56 Å². The average molecular weight is 292 g/mol. The minimum atomic E-state index is -3.69. The van der Waals surface area contributed by atoms with E-state index in [0.29, 0.717) is 5.06 Å². The minimum Gasteiger partial charge on any atom is -0.329 e. The Balaban J connectivity index is 2.54. The van der Waals surface area contributed by atoms with Gasteiger partial charge in [-0.15, -0.1) is 5.06 Å². The van der Waals surface area contributed by atoms with Crippen LogP contribution in [0, 0.1) is 0 Å².